The van der Waals surface area contributed by atoms with Gasteiger partial charge in [0, 0.05) is 5.56 Å². The summed E-state index contributed by atoms with van der Waals surface area (Å²) in [4.78, 5) is 0. The number of nitrogens with zero attached hydrogens (tertiary/aromatic N) is 1. The summed E-state index contributed by atoms with van der Waals surface area (Å²) in [5.74, 6) is 0. The summed E-state index contributed by atoms with van der Waals surface area (Å²) < 4.78 is 12.1. The van der Waals surface area contributed by atoms with Crippen LogP contribution in [0.2, 0.25) is 0 Å². The highest BCUT2D eigenvalue weighted by molar-refractivity contribution is 8.51. The molecule has 0 unspecified atom stereocenters. The Morgan fingerprint density at radius 2 is 1.00 bits per heavy atom. The maximum atomic E-state index is 5.56. The van der Waals surface area contributed by atoms with Gasteiger partial charge in [0.25, 0.3) is 0 Å². The smallest absolute Gasteiger partial charge is 0.104 e. The Hall–Kier alpha value is -1.46. The minimum absolute atomic E-state index is 0.399. The van der Waals surface area contributed by atoms with E-state index >= 15 is 0 Å². The SMILES string of the molecule is C[N+](C)(C)Cc1ccccc1.S=P([S-])(OCc1ccccc1)OCc1ccccc1. The number of hydrogen-bond donors (Lipinski definition) is 0. The first-order valence-corrected chi connectivity index (χ1v) is 13.4. The van der Waals surface area contributed by atoms with Crippen LogP contribution in [0.3, 0.4) is 0 Å². The average molecular weight is 460 g/mol. The lowest BCUT2D eigenvalue weighted by molar-refractivity contribution is -0.884. The van der Waals surface area contributed by atoms with E-state index in [9.17, 15) is 0 Å². The van der Waals surface area contributed by atoms with Crippen LogP contribution in [0.15, 0.2) is 91.0 Å². The Bertz CT molecular complexity index is 853. The zero-order valence-electron chi connectivity index (χ0n) is 17.8. The fourth-order valence-electron chi connectivity index (χ4n) is 2.62. The highest BCUT2D eigenvalue weighted by atomic mass is 32.9. The molecule has 3 nitrogen and oxygen atoms in total. The van der Waals surface area contributed by atoms with Gasteiger partial charge >= 0.3 is 0 Å². The predicted molar refractivity (Wildman–Crippen MR) is 132 cm³/mol. The minimum Gasteiger partial charge on any atom is -0.691 e. The van der Waals surface area contributed by atoms with Crippen molar-refractivity contribution in [3.8, 4) is 0 Å². The van der Waals surface area contributed by atoms with Crippen molar-refractivity contribution in [2.45, 2.75) is 19.8 Å². The van der Waals surface area contributed by atoms with Gasteiger partial charge in [0.05, 0.1) is 40.1 Å². The molecule has 0 atom stereocenters. The zero-order valence-corrected chi connectivity index (χ0v) is 20.3. The number of rotatable bonds is 8. The molecule has 0 radical (unpaired) electrons. The van der Waals surface area contributed by atoms with Crippen molar-refractivity contribution in [2.75, 3.05) is 21.1 Å². The maximum absolute atomic E-state index is 5.56. The summed E-state index contributed by atoms with van der Waals surface area (Å²) in [5.41, 5.74) is 0.888. The maximum Gasteiger partial charge on any atom is 0.104 e. The van der Waals surface area contributed by atoms with E-state index in [1.165, 1.54) is 5.56 Å². The van der Waals surface area contributed by atoms with Crippen LogP contribution in [0.1, 0.15) is 16.7 Å². The first-order chi connectivity index (χ1) is 14.2. The van der Waals surface area contributed by atoms with Gasteiger partial charge in [-0.15, -0.1) is 0 Å². The molecule has 6 heteroatoms. The largest absolute Gasteiger partial charge is 0.691 e. The summed E-state index contributed by atoms with van der Waals surface area (Å²) in [6, 6.07) is 30.2. The van der Waals surface area contributed by atoms with Gasteiger partial charge in [-0.05, 0) is 11.1 Å². The van der Waals surface area contributed by atoms with Crippen LogP contribution < -0.4 is 0 Å². The normalized spacial score (nSPS) is 11.5. The predicted octanol–water partition coefficient (Wildman–Crippen LogP) is 6.08. The molecule has 0 bridgehead atoms. The molecule has 0 heterocycles. The van der Waals surface area contributed by atoms with E-state index in [-0.39, 0.29) is 0 Å². The summed E-state index contributed by atoms with van der Waals surface area (Å²) in [6.45, 7) is 1.90. The van der Waals surface area contributed by atoms with E-state index < -0.39 is 5.69 Å². The topological polar surface area (TPSA) is 18.5 Å². The van der Waals surface area contributed by atoms with Crippen molar-refractivity contribution in [1.29, 1.82) is 0 Å². The molecule has 3 aromatic carbocycles. The molecule has 0 saturated heterocycles. The summed E-state index contributed by atoms with van der Waals surface area (Å²) in [6.07, 6.45) is 0. The van der Waals surface area contributed by atoms with Crippen LogP contribution in [0.4, 0.5) is 0 Å². The van der Waals surface area contributed by atoms with Gasteiger partial charge in [0.1, 0.15) is 6.54 Å². The molecule has 30 heavy (non-hydrogen) atoms. The molecule has 160 valence electrons. The quantitative estimate of drug-likeness (QED) is 0.231. The molecule has 0 N–H and O–H groups in total. The van der Waals surface area contributed by atoms with Crippen LogP contribution in [-0.2, 0) is 52.9 Å². The Labute approximate surface area is 191 Å². The molecule has 0 fully saturated rings. The second-order valence-electron chi connectivity index (χ2n) is 7.90. The summed E-state index contributed by atoms with van der Waals surface area (Å²) in [5, 5.41) is 0. The molecule has 0 aliphatic rings. The molecule has 0 amide bonds. The van der Waals surface area contributed by atoms with Gasteiger partial charge in [-0.2, -0.15) is 0 Å². The molecule has 0 spiro atoms. The fourth-order valence-corrected chi connectivity index (χ4v) is 3.95. The lowest BCUT2D eigenvalue weighted by Gasteiger charge is -2.28. The first kappa shape index (κ1) is 24.8. The molecule has 3 aromatic rings. The van der Waals surface area contributed by atoms with Crippen LogP contribution in [0.5, 0.6) is 0 Å². The molecule has 3 rings (SSSR count). The molecule has 0 aliphatic heterocycles. The average Bonchev–Trinajstić information content (AvgIpc) is 2.73. The van der Waals surface area contributed by atoms with Gasteiger partial charge in [0.15, 0.2) is 0 Å². The summed E-state index contributed by atoms with van der Waals surface area (Å²) >= 11 is 10.4. The van der Waals surface area contributed by atoms with Crippen molar-refractivity contribution in [3.05, 3.63) is 108 Å². The third kappa shape index (κ3) is 11.1. The van der Waals surface area contributed by atoms with Gasteiger partial charge in [-0.25, -0.2) is 0 Å². The lowest BCUT2D eigenvalue weighted by atomic mass is 10.2. The Kier molecular flexibility index (Phi) is 10.3. The third-order valence-electron chi connectivity index (χ3n) is 3.96. The van der Waals surface area contributed by atoms with Crippen molar-refractivity contribution in [3.63, 3.8) is 0 Å². The molecule has 0 aliphatic carbocycles. The van der Waals surface area contributed by atoms with Crippen LogP contribution >= 0.6 is 5.69 Å². The first-order valence-electron chi connectivity index (χ1n) is 9.76. The Morgan fingerprint density at radius 1 is 0.667 bits per heavy atom. The standard InChI is InChI=1S/C14H15O2PS2.C10H16N/c18-17(19,15-11-13-7-3-1-4-8-13)16-12-14-9-5-2-6-10-14;1-11(2,3)9-10-7-5-4-6-8-10/h1-10H,11-12H2,(H,18,19);4-8H,9H2,1-3H3/q;+1/p-1. The Morgan fingerprint density at radius 3 is 1.33 bits per heavy atom. The summed E-state index contributed by atoms with van der Waals surface area (Å²) in [7, 11) is 6.60. The zero-order chi connectivity index (χ0) is 21.9. The van der Waals surface area contributed by atoms with E-state index in [2.05, 4.69) is 51.5 Å². The molecular formula is C24H30NO2PS2. The van der Waals surface area contributed by atoms with Crippen LogP contribution in [0.25, 0.3) is 0 Å². The van der Waals surface area contributed by atoms with E-state index in [1.54, 1.807) is 0 Å². The van der Waals surface area contributed by atoms with Crippen LogP contribution in [0, 0.1) is 0 Å². The van der Waals surface area contributed by atoms with Gasteiger partial charge in [-0.3, -0.25) is 0 Å². The van der Waals surface area contributed by atoms with E-state index in [0.29, 0.717) is 13.2 Å². The second kappa shape index (κ2) is 12.4. The minimum atomic E-state index is -2.61. The number of benzene rings is 3. The highest BCUT2D eigenvalue weighted by Gasteiger charge is 2.06. The van der Waals surface area contributed by atoms with Crippen molar-refractivity contribution >= 4 is 29.7 Å². The highest BCUT2D eigenvalue weighted by Crippen LogP contribution is 2.47. The monoisotopic (exact) mass is 459 g/mol. The number of hydrogen-bond acceptors (Lipinski definition) is 4. The van der Waals surface area contributed by atoms with Crippen molar-refractivity contribution < 1.29 is 13.5 Å². The third-order valence-corrected chi connectivity index (χ3v) is 6.12. The van der Waals surface area contributed by atoms with E-state index in [1.807, 2.05) is 60.7 Å². The van der Waals surface area contributed by atoms with Gasteiger partial charge < -0.3 is 25.8 Å². The number of quaternary nitrogens is 1. The second-order valence-corrected chi connectivity index (χ2v) is 12.9. The van der Waals surface area contributed by atoms with Crippen LogP contribution in [-0.4, -0.2) is 25.6 Å². The Balaban J connectivity index is 0.000000248. The molecule has 0 saturated carbocycles. The van der Waals surface area contributed by atoms with Gasteiger partial charge in [-0.1, -0.05) is 103 Å². The molecular weight excluding hydrogens is 429 g/mol. The van der Waals surface area contributed by atoms with E-state index in [0.717, 1.165) is 22.2 Å². The lowest BCUT2D eigenvalue weighted by Crippen LogP contribution is -2.33. The van der Waals surface area contributed by atoms with Gasteiger partial charge in [0.2, 0.25) is 0 Å². The van der Waals surface area contributed by atoms with Crippen molar-refractivity contribution in [2.24, 2.45) is 0 Å². The van der Waals surface area contributed by atoms with Crippen molar-refractivity contribution in [1.82, 2.24) is 0 Å². The molecule has 0 aromatic heterocycles. The van der Waals surface area contributed by atoms with E-state index in [4.69, 9.17) is 33.1 Å². The fraction of sp³-hybridized carbons (Fsp3) is 0.250.